The maximum atomic E-state index is 4.63. The minimum absolute atomic E-state index is 0.434. The van der Waals surface area contributed by atoms with Gasteiger partial charge in [0.2, 0.25) is 5.16 Å². The molecule has 0 bridgehead atoms. The summed E-state index contributed by atoms with van der Waals surface area (Å²) in [5.74, 6) is 0. The lowest BCUT2D eigenvalue weighted by molar-refractivity contribution is 0.308. The molecule has 3 aromatic rings. The molecule has 6 heteroatoms. The highest BCUT2D eigenvalue weighted by Gasteiger charge is 2.13. The molecule has 0 spiro atoms. The van der Waals surface area contributed by atoms with Crippen LogP contribution in [0, 0.1) is 0 Å². The van der Waals surface area contributed by atoms with Crippen LogP contribution in [-0.2, 0) is 0 Å². The van der Waals surface area contributed by atoms with Gasteiger partial charge in [-0.2, -0.15) is 0 Å². The summed E-state index contributed by atoms with van der Waals surface area (Å²) >= 11 is 1.68. The van der Waals surface area contributed by atoms with Crippen LogP contribution in [-0.4, -0.2) is 49.9 Å². The second-order valence-electron chi connectivity index (χ2n) is 5.38. The fraction of sp³-hybridized carbons (Fsp3) is 0.438. The van der Waals surface area contributed by atoms with Crippen LogP contribution in [0.5, 0.6) is 0 Å². The number of para-hydroxylation sites is 1. The predicted octanol–water partition coefficient (Wildman–Crippen LogP) is 3.33. The number of benzene rings is 1. The van der Waals surface area contributed by atoms with Crippen LogP contribution in [0.15, 0.2) is 29.4 Å². The van der Waals surface area contributed by atoms with E-state index < -0.39 is 0 Å². The Balaban J connectivity index is 1.81. The molecule has 2 heterocycles. The quantitative estimate of drug-likeness (QED) is 0.707. The minimum atomic E-state index is 0.434. The molecule has 5 nitrogen and oxygen atoms in total. The molecule has 0 fully saturated rings. The average molecular weight is 315 g/mol. The number of rotatable bonds is 6. The van der Waals surface area contributed by atoms with Crippen LogP contribution in [0.4, 0.5) is 0 Å². The summed E-state index contributed by atoms with van der Waals surface area (Å²) in [5.41, 5.74) is 2.71. The number of aromatic nitrogens is 4. The largest absolute Gasteiger partial charge is 0.338 e. The van der Waals surface area contributed by atoms with Gasteiger partial charge >= 0.3 is 0 Å². The first-order chi connectivity index (χ1) is 10.7. The monoisotopic (exact) mass is 315 g/mol. The molecule has 0 aliphatic rings. The highest BCUT2D eigenvalue weighted by Crippen LogP contribution is 2.25. The van der Waals surface area contributed by atoms with E-state index in [1.165, 1.54) is 0 Å². The number of thioether (sulfide) groups is 1. The molecule has 3 rings (SSSR count). The molecular weight excluding hydrogens is 294 g/mol. The second-order valence-corrected chi connectivity index (χ2v) is 6.78. The summed E-state index contributed by atoms with van der Waals surface area (Å²) in [6.45, 7) is 9.77. The van der Waals surface area contributed by atoms with Crippen LogP contribution >= 0.6 is 11.8 Å². The zero-order valence-electron chi connectivity index (χ0n) is 13.2. The first-order valence-corrected chi connectivity index (χ1v) is 8.59. The fourth-order valence-electron chi connectivity index (χ4n) is 2.62. The summed E-state index contributed by atoms with van der Waals surface area (Å²) in [6.07, 6.45) is 0. The Hall–Kier alpha value is -1.66. The van der Waals surface area contributed by atoms with Crippen molar-refractivity contribution in [2.75, 3.05) is 19.6 Å². The lowest BCUT2D eigenvalue weighted by Gasteiger charge is -2.21. The number of hydrogen-bond donors (Lipinski definition) is 1. The summed E-state index contributed by atoms with van der Waals surface area (Å²) < 4.78 is 0. The van der Waals surface area contributed by atoms with E-state index in [9.17, 15) is 0 Å². The highest BCUT2D eigenvalue weighted by atomic mass is 32.2. The maximum Gasteiger partial charge on any atom is 0.211 e. The number of aromatic amines is 1. The molecular formula is C16H21N5S. The zero-order chi connectivity index (χ0) is 15.5. The number of hydrogen-bond acceptors (Lipinski definition) is 5. The van der Waals surface area contributed by atoms with Gasteiger partial charge in [0.15, 0.2) is 5.65 Å². The molecule has 0 amide bonds. The van der Waals surface area contributed by atoms with Gasteiger partial charge in [-0.1, -0.05) is 50.7 Å². The molecule has 0 radical (unpaired) electrons. The SMILES string of the molecule is CCN(CC)CC(C)Sc1nnc2c(n1)[nH]c1ccccc12. The van der Waals surface area contributed by atoms with E-state index in [0.29, 0.717) is 5.25 Å². The Morgan fingerprint density at radius 1 is 1.18 bits per heavy atom. The van der Waals surface area contributed by atoms with Gasteiger partial charge in [0.25, 0.3) is 0 Å². The van der Waals surface area contributed by atoms with E-state index in [0.717, 1.165) is 46.9 Å². The molecule has 1 atom stereocenters. The van der Waals surface area contributed by atoms with E-state index in [4.69, 9.17) is 0 Å². The van der Waals surface area contributed by atoms with Gasteiger partial charge in [-0.05, 0) is 19.2 Å². The first kappa shape index (κ1) is 15.2. The molecule has 0 aliphatic carbocycles. The Kier molecular flexibility index (Phi) is 4.59. The van der Waals surface area contributed by atoms with Crippen molar-refractivity contribution in [3.8, 4) is 0 Å². The fourth-order valence-corrected chi connectivity index (χ4v) is 3.50. The van der Waals surface area contributed by atoms with Crippen LogP contribution in [0.1, 0.15) is 20.8 Å². The van der Waals surface area contributed by atoms with E-state index in [1.54, 1.807) is 11.8 Å². The van der Waals surface area contributed by atoms with E-state index in [2.05, 4.69) is 45.8 Å². The lowest BCUT2D eigenvalue weighted by atomic mass is 10.2. The zero-order valence-corrected chi connectivity index (χ0v) is 14.0. The first-order valence-electron chi connectivity index (χ1n) is 7.71. The van der Waals surface area contributed by atoms with Gasteiger partial charge < -0.3 is 9.88 Å². The molecule has 0 saturated carbocycles. The van der Waals surface area contributed by atoms with Crippen LogP contribution in [0.25, 0.3) is 22.1 Å². The summed E-state index contributed by atoms with van der Waals surface area (Å²) in [7, 11) is 0. The highest BCUT2D eigenvalue weighted by molar-refractivity contribution is 7.99. The van der Waals surface area contributed by atoms with Gasteiger partial charge in [-0.15, -0.1) is 10.2 Å². The van der Waals surface area contributed by atoms with Gasteiger partial charge in [-0.3, -0.25) is 0 Å². The molecule has 0 saturated heterocycles. The third-order valence-corrected chi connectivity index (χ3v) is 4.75. The number of nitrogens with one attached hydrogen (secondary N) is 1. The summed E-state index contributed by atoms with van der Waals surface area (Å²) in [4.78, 5) is 10.4. The normalized spacial score (nSPS) is 13.3. The molecule has 22 heavy (non-hydrogen) atoms. The Labute approximate surface area is 134 Å². The summed E-state index contributed by atoms with van der Waals surface area (Å²) in [5, 5.41) is 10.9. The Morgan fingerprint density at radius 2 is 1.95 bits per heavy atom. The van der Waals surface area contributed by atoms with Crippen molar-refractivity contribution in [3.63, 3.8) is 0 Å². The van der Waals surface area contributed by atoms with Crippen molar-refractivity contribution in [1.29, 1.82) is 0 Å². The molecule has 0 aliphatic heterocycles. The maximum absolute atomic E-state index is 4.63. The van der Waals surface area contributed by atoms with Crippen LogP contribution in [0.2, 0.25) is 0 Å². The Bertz CT molecular complexity index is 765. The predicted molar refractivity (Wildman–Crippen MR) is 92.3 cm³/mol. The van der Waals surface area contributed by atoms with Crippen molar-refractivity contribution in [2.24, 2.45) is 0 Å². The summed E-state index contributed by atoms with van der Waals surface area (Å²) in [6, 6.07) is 8.09. The van der Waals surface area contributed by atoms with Gasteiger partial charge in [0, 0.05) is 22.7 Å². The number of nitrogens with zero attached hydrogens (tertiary/aromatic N) is 4. The lowest BCUT2D eigenvalue weighted by Crippen LogP contribution is -2.29. The molecule has 1 unspecified atom stereocenters. The Morgan fingerprint density at radius 3 is 2.73 bits per heavy atom. The second kappa shape index (κ2) is 6.62. The molecule has 1 N–H and O–H groups in total. The number of fused-ring (bicyclic) bond motifs is 3. The van der Waals surface area contributed by atoms with Gasteiger partial charge in [-0.25, -0.2) is 4.98 Å². The molecule has 1 aromatic carbocycles. The topological polar surface area (TPSA) is 57.7 Å². The third-order valence-electron chi connectivity index (χ3n) is 3.82. The molecule has 2 aromatic heterocycles. The number of H-pyrrole nitrogens is 1. The van der Waals surface area contributed by atoms with Gasteiger partial charge in [0.05, 0.1) is 0 Å². The van der Waals surface area contributed by atoms with Crippen molar-refractivity contribution in [3.05, 3.63) is 24.3 Å². The van der Waals surface area contributed by atoms with E-state index in [1.807, 2.05) is 24.3 Å². The van der Waals surface area contributed by atoms with Crippen molar-refractivity contribution < 1.29 is 0 Å². The standard InChI is InChI=1S/C16H21N5S/c1-4-21(5-2)10-11(3)22-16-18-15-14(19-20-16)12-8-6-7-9-13(12)17-15/h6-9,11H,4-5,10H2,1-3H3,(H,17,18,20). The van der Waals surface area contributed by atoms with Gasteiger partial charge in [0.1, 0.15) is 5.52 Å². The van der Waals surface area contributed by atoms with E-state index in [-0.39, 0.29) is 0 Å². The average Bonchev–Trinajstić information content (AvgIpc) is 2.90. The smallest absolute Gasteiger partial charge is 0.211 e. The van der Waals surface area contributed by atoms with Crippen LogP contribution in [0.3, 0.4) is 0 Å². The van der Waals surface area contributed by atoms with Crippen LogP contribution < -0.4 is 0 Å². The third kappa shape index (κ3) is 3.08. The van der Waals surface area contributed by atoms with Crippen molar-refractivity contribution in [1.82, 2.24) is 25.1 Å². The van der Waals surface area contributed by atoms with Crippen molar-refractivity contribution >= 4 is 33.8 Å². The molecule has 116 valence electrons. The van der Waals surface area contributed by atoms with E-state index >= 15 is 0 Å². The van der Waals surface area contributed by atoms with Crippen molar-refractivity contribution in [2.45, 2.75) is 31.2 Å². The minimum Gasteiger partial charge on any atom is -0.338 e.